The molecule has 0 spiro atoms. The molecule has 1 unspecified atom stereocenters. The lowest BCUT2D eigenvalue weighted by atomic mass is 10.2. The summed E-state index contributed by atoms with van der Waals surface area (Å²) in [6, 6.07) is 7.25. The van der Waals surface area contributed by atoms with Crippen molar-refractivity contribution in [3.8, 4) is 5.69 Å². The minimum absolute atomic E-state index is 0.272. The van der Waals surface area contributed by atoms with E-state index >= 15 is 0 Å². The van der Waals surface area contributed by atoms with Gasteiger partial charge in [-0.15, -0.1) is 0 Å². The van der Waals surface area contributed by atoms with Gasteiger partial charge in [-0.25, -0.2) is 4.68 Å². The van der Waals surface area contributed by atoms with Crippen LogP contribution < -0.4 is 5.32 Å². The molecule has 0 fully saturated rings. The largest absolute Gasteiger partial charge is 0.394 e. The SMILES string of the molecule is OCC(O)CNc1ccc(-n2cccn2)c(Cl)c1. The molecule has 0 bridgehead atoms. The van der Waals surface area contributed by atoms with Crippen molar-refractivity contribution in [2.24, 2.45) is 0 Å². The van der Waals surface area contributed by atoms with E-state index < -0.39 is 6.10 Å². The van der Waals surface area contributed by atoms with Crippen molar-refractivity contribution in [1.82, 2.24) is 9.78 Å². The Kier molecular flexibility index (Phi) is 4.19. The number of nitrogens with zero attached hydrogens (tertiary/aromatic N) is 2. The van der Waals surface area contributed by atoms with E-state index in [-0.39, 0.29) is 13.2 Å². The summed E-state index contributed by atoms with van der Waals surface area (Å²) in [4.78, 5) is 0. The first kappa shape index (κ1) is 12.9. The van der Waals surface area contributed by atoms with Gasteiger partial charge in [0.2, 0.25) is 0 Å². The highest BCUT2D eigenvalue weighted by Crippen LogP contribution is 2.23. The second-order valence-corrected chi connectivity index (χ2v) is 4.24. The van der Waals surface area contributed by atoms with Crippen LogP contribution in [-0.4, -0.2) is 39.2 Å². The third kappa shape index (κ3) is 3.01. The van der Waals surface area contributed by atoms with Crippen molar-refractivity contribution in [2.75, 3.05) is 18.5 Å². The first-order valence-corrected chi connectivity index (χ1v) is 5.91. The molecule has 1 aromatic heterocycles. The zero-order chi connectivity index (χ0) is 13.0. The smallest absolute Gasteiger partial charge is 0.0942 e. The predicted molar refractivity (Wildman–Crippen MR) is 70.2 cm³/mol. The van der Waals surface area contributed by atoms with Crippen LogP contribution in [0, 0.1) is 0 Å². The van der Waals surface area contributed by atoms with Gasteiger partial charge in [0.05, 0.1) is 23.4 Å². The van der Waals surface area contributed by atoms with Crippen LogP contribution >= 0.6 is 11.6 Å². The molecular weight excluding hydrogens is 254 g/mol. The molecule has 0 aliphatic heterocycles. The molecule has 0 radical (unpaired) electrons. The summed E-state index contributed by atoms with van der Waals surface area (Å²) in [7, 11) is 0. The van der Waals surface area contributed by atoms with Gasteiger partial charge in [0.1, 0.15) is 0 Å². The first-order chi connectivity index (χ1) is 8.70. The van der Waals surface area contributed by atoms with Crippen LogP contribution in [0.4, 0.5) is 5.69 Å². The van der Waals surface area contributed by atoms with E-state index in [1.54, 1.807) is 16.9 Å². The molecule has 3 N–H and O–H groups in total. The molecule has 0 amide bonds. The van der Waals surface area contributed by atoms with Crippen molar-refractivity contribution < 1.29 is 10.2 Å². The highest BCUT2D eigenvalue weighted by Gasteiger charge is 2.05. The Bertz CT molecular complexity index is 502. The van der Waals surface area contributed by atoms with Crippen LogP contribution in [-0.2, 0) is 0 Å². The summed E-state index contributed by atoms with van der Waals surface area (Å²) >= 11 is 6.16. The molecule has 0 saturated carbocycles. The van der Waals surface area contributed by atoms with Gasteiger partial charge < -0.3 is 15.5 Å². The Morgan fingerprint density at radius 3 is 2.89 bits per heavy atom. The second kappa shape index (κ2) is 5.86. The fraction of sp³-hybridized carbons (Fsp3) is 0.250. The topological polar surface area (TPSA) is 70.3 Å². The lowest BCUT2D eigenvalue weighted by Gasteiger charge is -2.12. The normalized spacial score (nSPS) is 12.4. The van der Waals surface area contributed by atoms with E-state index in [9.17, 15) is 5.11 Å². The van der Waals surface area contributed by atoms with Gasteiger partial charge >= 0.3 is 0 Å². The van der Waals surface area contributed by atoms with E-state index in [4.69, 9.17) is 16.7 Å². The molecule has 0 aliphatic rings. The molecule has 2 rings (SSSR count). The maximum atomic E-state index is 9.23. The van der Waals surface area contributed by atoms with Gasteiger partial charge in [0.25, 0.3) is 0 Å². The fourth-order valence-corrected chi connectivity index (χ4v) is 1.78. The number of hydrogen-bond donors (Lipinski definition) is 3. The number of anilines is 1. The van der Waals surface area contributed by atoms with Gasteiger partial charge in [-0.3, -0.25) is 0 Å². The number of aliphatic hydroxyl groups excluding tert-OH is 2. The number of benzene rings is 1. The number of aromatic nitrogens is 2. The van der Waals surface area contributed by atoms with Crippen LogP contribution in [0.1, 0.15) is 0 Å². The van der Waals surface area contributed by atoms with Crippen molar-refractivity contribution in [3.05, 3.63) is 41.7 Å². The van der Waals surface area contributed by atoms with Crippen molar-refractivity contribution >= 4 is 17.3 Å². The Morgan fingerprint density at radius 2 is 2.28 bits per heavy atom. The Labute approximate surface area is 110 Å². The molecule has 2 aromatic rings. The second-order valence-electron chi connectivity index (χ2n) is 3.83. The summed E-state index contributed by atoms with van der Waals surface area (Å²) in [6.45, 7) is 0.0000479. The molecule has 0 aliphatic carbocycles. The van der Waals surface area contributed by atoms with Crippen LogP contribution in [0.15, 0.2) is 36.7 Å². The molecule has 0 saturated heterocycles. The maximum absolute atomic E-state index is 9.23. The highest BCUT2D eigenvalue weighted by molar-refractivity contribution is 6.32. The Balaban J connectivity index is 2.10. The maximum Gasteiger partial charge on any atom is 0.0942 e. The van der Waals surface area contributed by atoms with Crippen LogP contribution in [0.5, 0.6) is 0 Å². The summed E-state index contributed by atoms with van der Waals surface area (Å²) in [5, 5.41) is 25.6. The summed E-state index contributed by atoms with van der Waals surface area (Å²) in [5.74, 6) is 0. The standard InChI is InChI=1S/C12H14ClN3O2/c13-11-6-9(14-7-10(18)8-17)2-3-12(11)16-5-1-4-15-16/h1-6,10,14,17-18H,7-8H2. The predicted octanol–water partition coefficient (Wildman–Crippen LogP) is 1.29. The third-order valence-corrected chi connectivity index (χ3v) is 2.75. The number of aliphatic hydroxyl groups is 2. The van der Waals surface area contributed by atoms with Crippen molar-refractivity contribution in [1.29, 1.82) is 0 Å². The van der Waals surface area contributed by atoms with Crippen LogP contribution in [0.2, 0.25) is 5.02 Å². The van der Waals surface area contributed by atoms with Crippen molar-refractivity contribution in [3.63, 3.8) is 0 Å². The zero-order valence-corrected chi connectivity index (χ0v) is 10.4. The molecule has 6 heteroatoms. The number of nitrogens with one attached hydrogen (secondary N) is 1. The number of halogens is 1. The Morgan fingerprint density at radius 1 is 1.44 bits per heavy atom. The van der Waals surface area contributed by atoms with E-state index in [2.05, 4.69) is 10.4 Å². The summed E-state index contributed by atoms with van der Waals surface area (Å²) < 4.78 is 1.68. The van der Waals surface area contributed by atoms with E-state index in [0.717, 1.165) is 11.4 Å². The Hall–Kier alpha value is -1.56. The monoisotopic (exact) mass is 267 g/mol. The fourth-order valence-electron chi connectivity index (χ4n) is 1.51. The van der Waals surface area contributed by atoms with E-state index in [1.807, 2.05) is 24.4 Å². The highest BCUT2D eigenvalue weighted by atomic mass is 35.5. The lowest BCUT2D eigenvalue weighted by Crippen LogP contribution is -2.22. The summed E-state index contributed by atoms with van der Waals surface area (Å²) in [5.41, 5.74) is 1.57. The lowest BCUT2D eigenvalue weighted by molar-refractivity contribution is 0.105. The van der Waals surface area contributed by atoms with Gasteiger partial charge in [-0.05, 0) is 24.3 Å². The van der Waals surface area contributed by atoms with Gasteiger partial charge in [0.15, 0.2) is 0 Å². The quantitative estimate of drug-likeness (QED) is 0.764. The van der Waals surface area contributed by atoms with Crippen LogP contribution in [0.3, 0.4) is 0 Å². The number of hydrogen-bond acceptors (Lipinski definition) is 4. The third-order valence-electron chi connectivity index (χ3n) is 2.45. The van der Waals surface area contributed by atoms with Crippen molar-refractivity contribution in [2.45, 2.75) is 6.10 Å². The number of rotatable bonds is 5. The van der Waals surface area contributed by atoms with Gasteiger partial charge in [-0.2, -0.15) is 5.10 Å². The molecule has 96 valence electrons. The van der Waals surface area contributed by atoms with Crippen LogP contribution in [0.25, 0.3) is 5.69 Å². The molecule has 1 aromatic carbocycles. The average Bonchev–Trinajstić information content (AvgIpc) is 2.89. The minimum atomic E-state index is -0.783. The molecular formula is C12H14ClN3O2. The summed E-state index contributed by atoms with van der Waals surface area (Å²) in [6.07, 6.45) is 2.71. The minimum Gasteiger partial charge on any atom is -0.394 e. The average molecular weight is 268 g/mol. The van der Waals surface area contributed by atoms with E-state index in [1.165, 1.54) is 0 Å². The van der Waals surface area contributed by atoms with Gasteiger partial charge in [-0.1, -0.05) is 11.6 Å². The molecule has 18 heavy (non-hydrogen) atoms. The van der Waals surface area contributed by atoms with Gasteiger partial charge in [0, 0.05) is 24.6 Å². The molecule has 1 heterocycles. The molecule has 1 atom stereocenters. The van der Waals surface area contributed by atoms with E-state index in [0.29, 0.717) is 5.02 Å². The first-order valence-electron chi connectivity index (χ1n) is 5.53. The molecule has 5 nitrogen and oxygen atoms in total. The zero-order valence-electron chi connectivity index (χ0n) is 9.62.